The first-order chi connectivity index (χ1) is 12.5. The molecule has 5 nitrogen and oxygen atoms in total. The smallest absolute Gasteiger partial charge is 0.313 e. The fraction of sp³-hybridized carbons (Fsp3) is 0.905. The Balaban J connectivity index is 1.39. The van der Waals surface area contributed by atoms with Crippen LogP contribution in [0.25, 0.3) is 0 Å². The van der Waals surface area contributed by atoms with Gasteiger partial charge in [0, 0.05) is 12.3 Å². The second-order valence-corrected chi connectivity index (χ2v) is 9.38. The van der Waals surface area contributed by atoms with E-state index >= 15 is 0 Å². The molecule has 0 aromatic heterocycles. The highest BCUT2D eigenvalue weighted by molar-refractivity contribution is 5.84. The number of nitrogens with zero attached hydrogens (tertiary/aromatic N) is 1. The molecule has 146 valence electrons. The van der Waals surface area contributed by atoms with E-state index in [1.54, 1.807) is 0 Å². The van der Waals surface area contributed by atoms with Crippen molar-refractivity contribution in [3.8, 4) is 0 Å². The van der Waals surface area contributed by atoms with E-state index in [-0.39, 0.29) is 24.3 Å². The third-order valence-electron chi connectivity index (χ3n) is 7.75. The first kappa shape index (κ1) is 18.3. The molecule has 0 N–H and O–H groups in total. The molecule has 4 atom stereocenters. The minimum atomic E-state index is -0.561. The van der Waals surface area contributed by atoms with Crippen molar-refractivity contribution in [1.29, 1.82) is 0 Å². The van der Waals surface area contributed by atoms with Crippen molar-refractivity contribution in [2.45, 2.75) is 82.3 Å². The number of fused-ring (bicyclic) bond motifs is 1. The highest BCUT2D eigenvalue weighted by Crippen LogP contribution is 2.45. The van der Waals surface area contributed by atoms with E-state index in [2.05, 4.69) is 7.05 Å². The number of esters is 2. The van der Waals surface area contributed by atoms with Crippen molar-refractivity contribution >= 4 is 11.9 Å². The Morgan fingerprint density at radius 1 is 1.12 bits per heavy atom. The second-order valence-electron chi connectivity index (χ2n) is 9.38. The molecule has 3 heterocycles. The molecule has 0 aromatic carbocycles. The van der Waals surface area contributed by atoms with Crippen molar-refractivity contribution in [2.24, 2.45) is 11.8 Å². The van der Waals surface area contributed by atoms with Gasteiger partial charge < -0.3 is 14.0 Å². The zero-order valence-electron chi connectivity index (χ0n) is 16.2. The van der Waals surface area contributed by atoms with Gasteiger partial charge in [0.25, 0.3) is 0 Å². The minimum Gasteiger partial charge on any atom is -0.465 e. The predicted molar refractivity (Wildman–Crippen MR) is 97.3 cm³/mol. The third-order valence-corrected chi connectivity index (χ3v) is 7.75. The van der Waals surface area contributed by atoms with Gasteiger partial charge in [0.1, 0.15) is 11.5 Å². The van der Waals surface area contributed by atoms with Crippen molar-refractivity contribution in [1.82, 2.24) is 0 Å². The van der Waals surface area contributed by atoms with Crippen molar-refractivity contribution in [2.75, 3.05) is 26.7 Å². The Labute approximate surface area is 157 Å². The maximum absolute atomic E-state index is 12.9. The van der Waals surface area contributed by atoms with Crippen molar-refractivity contribution in [3.05, 3.63) is 0 Å². The summed E-state index contributed by atoms with van der Waals surface area (Å²) in [6, 6.07) is 0.635. The van der Waals surface area contributed by atoms with Gasteiger partial charge in [-0.05, 0) is 51.4 Å². The molecule has 3 aliphatic heterocycles. The predicted octanol–water partition coefficient (Wildman–Crippen LogP) is 3.20. The highest BCUT2D eigenvalue weighted by atomic mass is 16.6. The zero-order valence-corrected chi connectivity index (χ0v) is 16.2. The number of hydrogen-bond donors (Lipinski definition) is 0. The molecular formula is C21H34NO4+. The second kappa shape index (κ2) is 7.14. The van der Waals surface area contributed by atoms with E-state index in [4.69, 9.17) is 9.47 Å². The number of rotatable bonds is 3. The normalized spacial score (nSPS) is 39.3. The Morgan fingerprint density at radius 3 is 2.69 bits per heavy atom. The summed E-state index contributed by atoms with van der Waals surface area (Å²) >= 11 is 0. The van der Waals surface area contributed by atoms with Gasteiger partial charge in [-0.15, -0.1) is 0 Å². The quantitative estimate of drug-likeness (QED) is 0.570. The van der Waals surface area contributed by atoms with Gasteiger partial charge in [0.15, 0.2) is 0 Å². The standard InChI is InChI=1S/C21H34NO4/c1-22-12-6-3-9-18(22)16(8-7-13-22)15-25-20(24)17-14-19(23)26-21(17)10-4-2-5-11-21/h16-18H,2-15H2,1H3/q+1/t16-,17-,18+,22-/m1/s1. The van der Waals surface area contributed by atoms with Gasteiger partial charge in [-0.25, -0.2) is 0 Å². The average molecular weight is 365 g/mol. The monoisotopic (exact) mass is 364 g/mol. The molecule has 4 rings (SSSR count). The van der Waals surface area contributed by atoms with Crippen LogP contribution in [0.5, 0.6) is 0 Å². The number of ether oxygens (including phenoxy) is 2. The molecule has 1 saturated carbocycles. The first-order valence-corrected chi connectivity index (χ1v) is 10.8. The molecule has 0 unspecified atom stereocenters. The number of carbonyl (C=O) groups excluding carboxylic acids is 2. The van der Waals surface area contributed by atoms with Crippen LogP contribution in [0.1, 0.15) is 70.6 Å². The largest absolute Gasteiger partial charge is 0.465 e. The molecule has 0 radical (unpaired) electrons. The van der Waals surface area contributed by atoms with Crippen LogP contribution in [-0.2, 0) is 19.1 Å². The summed E-state index contributed by atoms with van der Waals surface area (Å²) in [5.41, 5.74) is -0.561. The van der Waals surface area contributed by atoms with Gasteiger partial charge in [-0.3, -0.25) is 9.59 Å². The van der Waals surface area contributed by atoms with E-state index in [9.17, 15) is 9.59 Å². The Hall–Kier alpha value is -1.10. The lowest BCUT2D eigenvalue weighted by Gasteiger charge is -2.51. The lowest BCUT2D eigenvalue weighted by molar-refractivity contribution is -0.947. The van der Waals surface area contributed by atoms with Crippen LogP contribution in [0.15, 0.2) is 0 Å². The lowest BCUT2D eigenvalue weighted by Crippen LogP contribution is -2.61. The van der Waals surface area contributed by atoms with Gasteiger partial charge in [0.2, 0.25) is 0 Å². The molecule has 0 bridgehead atoms. The summed E-state index contributed by atoms with van der Waals surface area (Å²) in [6.07, 6.45) is 11.4. The third kappa shape index (κ3) is 3.28. The van der Waals surface area contributed by atoms with Gasteiger partial charge >= 0.3 is 11.9 Å². The Kier molecular flexibility index (Phi) is 5.02. The zero-order chi connectivity index (χ0) is 18.2. The van der Waals surface area contributed by atoms with E-state index in [0.717, 1.165) is 36.6 Å². The molecule has 3 saturated heterocycles. The van der Waals surface area contributed by atoms with Crippen LogP contribution in [0.3, 0.4) is 0 Å². The van der Waals surface area contributed by atoms with Crippen LogP contribution >= 0.6 is 0 Å². The molecule has 0 amide bonds. The average Bonchev–Trinajstić information content (AvgIpc) is 2.95. The number of carbonyl (C=O) groups is 2. The Morgan fingerprint density at radius 2 is 1.88 bits per heavy atom. The Bertz CT molecular complexity index is 552. The van der Waals surface area contributed by atoms with Gasteiger partial charge in [0.05, 0.1) is 39.2 Å². The summed E-state index contributed by atoms with van der Waals surface area (Å²) in [6.45, 7) is 3.06. The lowest BCUT2D eigenvalue weighted by atomic mass is 9.76. The molecule has 0 aromatic rings. The van der Waals surface area contributed by atoms with Gasteiger partial charge in [-0.1, -0.05) is 6.42 Å². The summed E-state index contributed by atoms with van der Waals surface area (Å²) in [7, 11) is 2.39. The molecule has 4 aliphatic rings. The van der Waals surface area contributed by atoms with Crippen LogP contribution in [0.2, 0.25) is 0 Å². The molecule has 5 heteroatoms. The highest BCUT2D eigenvalue weighted by Gasteiger charge is 2.54. The molecule has 4 fully saturated rings. The fourth-order valence-corrected chi connectivity index (χ4v) is 6.31. The first-order valence-electron chi connectivity index (χ1n) is 10.8. The summed E-state index contributed by atoms with van der Waals surface area (Å²) < 4.78 is 12.7. The van der Waals surface area contributed by atoms with Crippen LogP contribution < -0.4 is 0 Å². The van der Waals surface area contributed by atoms with Crippen LogP contribution in [0, 0.1) is 11.8 Å². The van der Waals surface area contributed by atoms with Crippen molar-refractivity contribution in [3.63, 3.8) is 0 Å². The van der Waals surface area contributed by atoms with Gasteiger partial charge in [-0.2, -0.15) is 0 Å². The van der Waals surface area contributed by atoms with E-state index in [1.807, 2.05) is 0 Å². The van der Waals surface area contributed by atoms with E-state index in [1.165, 1.54) is 45.2 Å². The summed E-state index contributed by atoms with van der Waals surface area (Å²) in [5, 5.41) is 0. The molecule has 1 spiro atoms. The minimum absolute atomic E-state index is 0.187. The number of piperidine rings is 2. The molecule has 26 heavy (non-hydrogen) atoms. The van der Waals surface area contributed by atoms with E-state index < -0.39 is 5.60 Å². The number of hydrogen-bond acceptors (Lipinski definition) is 4. The number of quaternary nitrogens is 1. The van der Waals surface area contributed by atoms with Crippen LogP contribution in [-0.4, -0.2) is 54.8 Å². The molecular weight excluding hydrogens is 330 g/mol. The fourth-order valence-electron chi connectivity index (χ4n) is 6.31. The SMILES string of the molecule is C[N@+]12CCCC[C@H]1[C@@H](COC(=O)[C@H]1CC(=O)OC13CCCCC3)CCC2. The maximum atomic E-state index is 12.9. The summed E-state index contributed by atoms with van der Waals surface area (Å²) in [4.78, 5) is 24.8. The van der Waals surface area contributed by atoms with E-state index in [0.29, 0.717) is 18.6 Å². The van der Waals surface area contributed by atoms with Crippen molar-refractivity contribution < 1.29 is 23.5 Å². The summed E-state index contributed by atoms with van der Waals surface area (Å²) in [5.74, 6) is -0.319. The topological polar surface area (TPSA) is 52.6 Å². The maximum Gasteiger partial charge on any atom is 0.313 e. The molecule has 1 aliphatic carbocycles. The van der Waals surface area contributed by atoms with Crippen LogP contribution in [0.4, 0.5) is 0 Å².